The van der Waals surface area contributed by atoms with E-state index in [-0.39, 0.29) is 23.9 Å². The van der Waals surface area contributed by atoms with Gasteiger partial charge in [0.15, 0.2) is 11.6 Å². The first-order valence-electron chi connectivity index (χ1n) is 11.1. The summed E-state index contributed by atoms with van der Waals surface area (Å²) in [6, 6.07) is 5.39. The molecule has 3 aromatic rings. The minimum atomic E-state index is -0.262. The highest BCUT2D eigenvalue weighted by molar-refractivity contribution is 5.54. The highest BCUT2D eigenvalue weighted by Crippen LogP contribution is 2.37. The number of pyridine rings is 1. The zero-order chi connectivity index (χ0) is 21.7. The van der Waals surface area contributed by atoms with Crippen LogP contribution < -0.4 is 9.80 Å². The number of ether oxygens (including phenoxy) is 1. The van der Waals surface area contributed by atoms with Crippen LogP contribution in [0.4, 0.5) is 16.0 Å². The van der Waals surface area contributed by atoms with Gasteiger partial charge in [-0.3, -0.25) is 0 Å². The number of hydrogen-bond donors (Lipinski definition) is 0. The van der Waals surface area contributed by atoms with Crippen LogP contribution in [0.15, 0.2) is 36.8 Å². The molecule has 3 aromatic heterocycles. The summed E-state index contributed by atoms with van der Waals surface area (Å²) in [6.07, 6.45) is 8.06. The molecule has 164 valence electrons. The lowest BCUT2D eigenvalue weighted by Crippen LogP contribution is -2.46. The van der Waals surface area contributed by atoms with Crippen LogP contribution in [0.1, 0.15) is 37.1 Å². The van der Waals surface area contributed by atoms with Crippen molar-refractivity contribution in [3.8, 4) is 11.6 Å². The van der Waals surface area contributed by atoms with Gasteiger partial charge in [0.1, 0.15) is 17.5 Å². The van der Waals surface area contributed by atoms with Crippen molar-refractivity contribution in [2.75, 3.05) is 29.6 Å². The minimum absolute atomic E-state index is 0.0203. The first-order valence-corrected chi connectivity index (χ1v) is 11.1. The van der Waals surface area contributed by atoms with Crippen LogP contribution in [0.2, 0.25) is 0 Å². The van der Waals surface area contributed by atoms with Crippen molar-refractivity contribution in [3.05, 3.63) is 53.9 Å². The van der Waals surface area contributed by atoms with Crippen LogP contribution in [0, 0.1) is 5.82 Å². The molecule has 3 aliphatic heterocycles. The molecule has 3 atom stereocenters. The number of morpholine rings is 1. The average molecular weight is 433 g/mol. The molecule has 2 saturated heterocycles. The molecular formula is C23H24FN7O. The Kier molecular flexibility index (Phi) is 4.71. The van der Waals surface area contributed by atoms with Gasteiger partial charge in [0.05, 0.1) is 37.0 Å². The molecular weight excluding hydrogens is 409 g/mol. The van der Waals surface area contributed by atoms with E-state index in [9.17, 15) is 4.39 Å². The van der Waals surface area contributed by atoms with E-state index < -0.39 is 0 Å². The Morgan fingerprint density at radius 1 is 0.969 bits per heavy atom. The van der Waals surface area contributed by atoms with E-state index in [0.29, 0.717) is 43.0 Å². The quantitative estimate of drug-likeness (QED) is 0.624. The maximum Gasteiger partial charge on any atom is 0.197 e. The van der Waals surface area contributed by atoms with Gasteiger partial charge in [-0.25, -0.2) is 29.3 Å². The Balaban J connectivity index is 1.31. The lowest BCUT2D eigenvalue weighted by molar-refractivity contribution is 0.0902. The molecule has 0 aliphatic carbocycles. The summed E-state index contributed by atoms with van der Waals surface area (Å²) in [6.45, 7) is 4.15. The molecule has 8 nitrogen and oxygen atoms in total. The van der Waals surface area contributed by atoms with Crippen LogP contribution >= 0.6 is 0 Å². The summed E-state index contributed by atoms with van der Waals surface area (Å²) in [5.74, 6) is 2.14. The number of hydrogen-bond acceptors (Lipinski definition) is 8. The largest absolute Gasteiger partial charge is 0.377 e. The fourth-order valence-electron chi connectivity index (χ4n) is 5.15. The van der Waals surface area contributed by atoms with Gasteiger partial charge in [0.25, 0.3) is 0 Å². The standard InChI is InChI=1S/C23H24FN7O/c1-14-18-11-27-23(22-25-6-2-7-26-22)28-19(18)5-8-30(14)20-9-15(24)10-21(29-20)31-16-3-4-17(31)13-32-12-16/h2,6-7,9-11,14,16-17H,3-5,8,12-13H2,1H3. The Bertz CT molecular complexity index is 1130. The SMILES string of the molecule is CC1c2cnc(-c3ncccn3)nc2CCN1c1cc(F)cc(N2C3CCC2COC3)n1. The van der Waals surface area contributed by atoms with Crippen LogP contribution in [0.25, 0.3) is 11.6 Å². The van der Waals surface area contributed by atoms with E-state index in [1.807, 2.05) is 6.20 Å². The van der Waals surface area contributed by atoms with Crippen molar-refractivity contribution in [2.45, 2.75) is 44.3 Å². The fraction of sp³-hybridized carbons (Fsp3) is 0.435. The Labute approximate surface area is 185 Å². The van der Waals surface area contributed by atoms with Crippen molar-refractivity contribution >= 4 is 11.6 Å². The number of rotatable bonds is 3. The van der Waals surface area contributed by atoms with Gasteiger partial charge in [-0.2, -0.15) is 0 Å². The zero-order valence-electron chi connectivity index (χ0n) is 17.9. The van der Waals surface area contributed by atoms with Gasteiger partial charge in [-0.15, -0.1) is 0 Å². The molecule has 6 rings (SSSR count). The molecule has 0 radical (unpaired) electrons. The molecule has 2 bridgehead atoms. The van der Waals surface area contributed by atoms with Crippen molar-refractivity contribution in [1.82, 2.24) is 24.9 Å². The number of nitrogens with zero attached hydrogens (tertiary/aromatic N) is 7. The van der Waals surface area contributed by atoms with Gasteiger partial charge in [0.2, 0.25) is 0 Å². The normalized spacial score (nSPS) is 24.5. The smallest absolute Gasteiger partial charge is 0.197 e. The average Bonchev–Trinajstić information content (AvgIpc) is 3.07. The number of anilines is 2. The third-order valence-electron chi connectivity index (χ3n) is 6.74. The maximum atomic E-state index is 14.7. The lowest BCUT2D eigenvalue weighted by atomic mass is 9.99. The molecule has 6 heterocycles. The van der Waals surface area contributed by atoms with E-state index in [4.69, 9.17) is 14.7 Å². The summed E-state index contributed by atoms with van der Waals surface area (Å²) in [4.78, 5) is 27.0. The second-order valence-corrected chi connectivity index (χ2v) is 8.62. The predicted octanol–water partition coefficient (Wildman–Crippen LogP) is 2.96. The van der Waals surface area contributed by atoms with Crippen molar-refractivity contribution in [2.24, 2.45) is 0 Å². The Morgan fingerprint density at radius 2 is 1.72 bits per heavy atom. The summed E-state index contributed by atoms with van der Waals surface area (Å²) >= 11 is 0. The Morgan fingerprint density at radius 3 is 2.50 bits per heavy atom. The van der Waals surface area contributed by atoms with E-state index in [1.165, 1.54) is 6.07 Å². The molecule has 0 saturated carbocycles. The van der Waals surface area contributed by atoms with Crippen LogP contribution in [-0.2, 0) is 11.2 Å². The zero-order valence-corrected chi connectivity index (χ0v) is 17.9. The third kappa shape index (κ3) is 3.28. The summed E-state index contributed by atoms with van der Waals surface area (Å²) in [7, 11) is 0. The van der Waals surface area contributed by atoms with E-state index in [1.54, 1.807) is 24.5 Å². The molecule has 2 fully saturated rings. The third-order valence-corrected chi connectivity index (χ3v) is 6.74. The van der Waals surface area contributed by atoms with Gasteiger partial charge in [-0.05, 0) is 25.8 Å². The summed E-state index contributed by atoms with van der Waals surface area (Å²) < 4.78 is 20.4. The number of fused-ring (bicyclic) bond motifs is 3. The highest BCUT2D eigenvalue weighted by atomic mass is 19.1. The second-order valence-electron chi connectivity index (χ2n) is 8.62. The van der Waals surface area contributed by atoms with Gasteiger partial charge in [-0.1, -0.05) is 0 Å². The first kappa shape index (κ1) is 19.5. The molecule has 3 aliphatic rings. The summed E-state index contributed by atoms with van der Waals surface area (Å²) in [5, 5.41) is 0. The van der Waals surface area contributed by atoms with E-state index in [2.05, 4.69) is 31.7 Å². The van der Waals surface area contributed by atoms with E-state index >= 15 is 0 Å². The van der Waals surface area contributed by atoms with Gasteiger partial charge < -0.3 is 14.5 Å². The predicted molar refractivity (Wildman–Crippen MR) is 117 cm³/mol. The lowest BCUT2D eigenvalue weighted by Gasteiger charge is -2.38. The van der Waals surface area contributed by atoms with Crippen molar-refractivity contribution < 1.29 is 9.13 Å². The topological polar surface area (TPSA) is 80.2 Å². The second kappa shape index (κ2) is 7.74. The first-order chi connectivity index (χ1) is 15.7. The Hall–Kier alpha value is -3.20. The molecule has 0 spiro atoms. The maximum absolute atomic E-state index is 14.7. The fourth-order valence-corrected chi connectivity index (χ4v) is 5.15. The molecule has 0 aromatic carbocycles. The van der Waals surface area contributed by atoms with Gasteiger partial charge in [0, 0.05) is 49.3 Å². The van der Waals surface area contributed by atoms with E-state index in [0.717, 1.165) is 30.5 Å². The monoisotopic (exact) mass is 433 g/mol. The molecule has 0 N–H and O–H groups in total. The number of aromatic nitrogens is 5. The van der Waals surface area contributed by atoms with Crippen molar-refractivity contribution in [1.29, 1.82) is 0 Å². The molecule has 32 heavy (non-hydrogen) atoms. The van der Waals surface area contributed by atoms with Crippen LogP contribution in [0.5, 0.6) is 0 Å². The molecule has 9 heteroatoms. The van der Waals surface area contributed by atoms with Crippen LogP contribution in [0.3, 0.4) is 0 Å². The minimum Gasteiger partial charge on any atom is -0.377 e. The highest BCUT2D eigenvalue weighted by Gasteiger charge is 2.39. The van der Waals surface area contributed by atoms with Crippen molar-refractivity contribution in [3.63, 3.8) is 0 Å². The number of halogens is 1. The molecule has 0 amide bonds. The molecule has 3 unspecified atom stereocenters. The summed E-state index contributed by atoms with van der Waals surface area (Å²) in [5.41, 5.74) is 2.00. The van der Waals surface area contributed by atoms with Gasteiger partial charge >= 0.3 is 0 Å². The van der Waals surface area contributed by atoms with Crippen LogP contribution in [-0.4, -0.2) is 56.8 Å².